The maximum Gasteiger partial charge on any atom is 0.259 e. The molecule has 2 N–H and O–H groups in total. The van der Waals surface area contributed by atoms with E-state index in [-0.39, 0.29) is 12.5 Å². The first kappa shape index (κ1) is 14.5. The number of hydrogen-bond acceptors (Lipinski definition) is 5. The first-order valence-electron chi connectivity index (χ1n) is 6.38. The molecule has 0 saturated carbocycles. The van der Waals surface area contributed by atoms with E-state index in [0.717, 1.165) is 17.0 Å². The van der Waals surface area contributed by atoms with Gasteiger partial charge in [-0.25, -0.2) is 5.43 Å². The van der Waals surface area contributed by atoms with Crippen LogP contribution >= 0.6 is 0 Å². The average molecular weight is 284 g/mol. The largest absolute Gasteiger partial charge is 0.497 e. The molecule has 2 rings (SSSR count). The van der Waals surface area contributed by atoms with Crippen LogP contribution in [0.15, 0.2) is 53.9 Å². The van der Waals surface area contributed by atoms with Crippen LogP contribution in [0.4, 0.5) is 5.69 Å². The molecule has 0 bridgehead atoms. The summed E-state index contributed by atoms with van der Waals surface area (Å²) in [7, 11) is 1.61. The van der Waals surface area contributed by atoms with Crippen molar-refractivity contribution in [1.82, 2.24) is 10.4 Å². The number of hydrazone groups is 1. The molecule has 0 aliphatic rings. The summed E-state index contributed by atoms with van der Waals surface area (Å²) in [4.78, 5) is 15.5. The summed E-state index contributed by atoms with van der Waals surface area (Å²) < 4.78 is 5.06. The zero-order valence-electron chi connectivity index (χ0n) is 11.6. The van der Waals surface area contributed by atoms with Crippen molar-refractivity contribution in [3.05, 3.63) is 54.4 Å². The first-order chi connectivity index (χ1) is 10.3. The van der Waals surface area contributed by atoms with Crippen LogP contribution in [-0.4, -0.2) is 30.8 Å². The number of benzene rings is 1. The van der Waals surface area contributed by atoms with Crippen LogP contribution in [0.1, 0.15) is 5.56 Å². The number of rotatable bonds is 6. The topological polar surface area (TPSA) is 75.6 Å². The highest BCUT2D eigenvalue weighted by Crippen LogP contribution is 2.14. The molecule has 0 fully saturated rings. The second kappa shape index (κ2) is 7.64. The predicted molar refractivity (Wildman–Crippen MR) is 81.5 cm³/mol. The standard InChI is InChI=1S/C15H16N4O2/c1-21-14-6-4-13(5-7-14)17-11-15(20)19-18-10-12-3-2-8-16-9-12/h2-10,17H,11H2,1H3,(H,19,20). The zero-order chi connectivity index (χ0) is 14.9. The van der Waals surface area contributed by atoms with Crippen LogP contribution in [0.25, 0.3) is 0 Å². The van der Waals surface area contributed by atoms with Crippen LogP contribution in [0.3, 0.4) is 0 Å². The van der Waals surface area contributed by atoms with E-state index in [2.05, 4.69) is 20.8 Å². The fourth-order valence-electron chi connectivity index (χ4n) is 1.56. The van der Waals surface area contributed by atoms with Crippen molar-refractivity contribution in [1.29, 1.82) is 0 Å². The van der Waals surface area contributed by atoms with Gasteiger partial charge in [-0.2, -0.15) is 5.10 Å². The molecule has 1 aromatic carbocycles. The lowest BCUT2D eigenvalue weighted by molar-refractivity contribution is -0.119. The van der Waals surface area contributed by atoms with Crippen molar-refractivity contribution in [2.45, 2.75) is 0 Å². The quantitative estimate of drug-likeness (QED) is 0.625. The number of nitrogens with zero attached hydrogens (tertiary/aromatic N) is 2. The summed E-state index contributed by atoms with van der Waals surface area (Å²) in [5.41, 5.74) is 4.10. The molecule has 0 spiro atoms. The van der Waals surface area contributed by atoms with Crippen LogP contribution in [-0.2, 0) is 4.79 Å². The van der Waals surface area contributed by atoms with Gasteiger partial charge >= 0.3 is 0 Å². The van der Waals surface area contributed by atoms with Gasteiger partial charge in [0.2, 0.25) is 0 Å². The van der Waals surface area contributed by atoms with E-state index < -0.39 is 0 Å². The number of aromatic nitrogens is 1. The van der Waals surface area contributed by atoms with Crippen LogP contribution in [0.2, 0.25) is 0 Å². The lowest BCUT2D eigenvalue weighted by Crippen LogP contribution is -2.25. The number of methoxy groups -OCH3 is 1. The Labute approximate surface area is 122 Å². The van der Waals surface area contributed by atoms with Gasteiger partial charge in [0.15, 0.2) is 0 Å². The summed E-state index contributed by atoms with van der Waals surface area (Å²) in [5.74, 6) is 0.539. The SMILES string of the molecule is COc1ccc(NCC(=O)NN=Cc2cccnc2)cc1. The third kappa shape index (κ3) is 4.94. The number of ether oxygens (including phenoxy) is 1. The number of carbonyl (C=O) groups excluding carboxylic acids is 1. The van der Waals surface area contributed by atoms with Crippen LogP contribution in [0.5, 0.6) is 5.75 Å². The Morgan fingerprint density at radius 3 is 2.81 bits per heavy atom. The second-order valence-electron chi connectivity index (χ2n) is 4.16. The molecule has 1 amide bonds. The molecule has 1 heterocycles. The highest BCUT2D eigenvalue weighted by Gasteiger charge is 1.99. The highest BCUT2D eigenvalue weighted by atomic mass is 16.5. The average Bonchev–Trinajstić information content (AvgIpc) is 2.54. The predicted octanol–water partition coefficient (Wildman–Crippen LogP) is 1.65. The molecule has 0 saturated heterocycles. The van der Waals surface area contributed by atoms with Crippen LogP contribution < -0.4 is 15.5 Å². The first-order valence-corrected chi connectivity index (χ1v) is 6.38. The van der Waals surface area contributed by atoms with Crippen molar-refractivity contribution in [3.63, 3.8) is 0 Å². The van der Waals surface area contributed by atoms with Crippen molar-refractivity contribution < 1.29 is 9.53 Å². The summed E-state index contributed by atoms with van der Waals surface area (Å²) in [5, 5.41) is 6.85. The molecule has 6 nitrogen and oxygen atoms in total. The molecular formula is C15H16N4O2. The van der Waals surface area contributed by atoms with E-state index in [4.69, 9.17) is 4.74 Å². The van der Waals surface area contributed by atoms with E-state index >= 15 is 0 Å². The molecule has 6 heteroatoms. The molecule has 1 aromatic heterocycles. The van der Waals surface area contributed by atoms with Crippen molar-refractivity contribution in [2.75, 3.05) is 19.0 Å². The molecule has 2 aromatic rings. The van der Waals surface area contributed by atoms with Gasteiger partial charge in [-0.1, -0.05) is 6.07 Å². The van der Waals surface area contributed by atoms with E-state index in [0.29, 0.717) is 0 Å². The van der Waals surface area contributed by atoms with Crippen molar-refractivity contribution in [2.24, 2.45) is 5.10 Å². The zero-order valence-corrected chi connectivity index (χ0v) is 11.6. The van der Waals surface area contributed by atoms with Gasteiger partial charge in [-0.3, -0.25) is 9.78 Å². The number of pyridine rings is 1. The Kier molecular flexibility index (Phi) is 5.28. The number of nitrogens with one attached hydrogen (secondary N) is 2. The summed E-state index contributed by atoms with van der Waals surface area (Å²) >= 11 is 0. The van der Waals surface area contributed by atoms with Gasteiger partial charge in [0.25, 0.3) is 5.91 Å². The lowest BCUT2D eigenvalue weighted by Gasteiger charge is -2.06. The number of carbonyl (C=O) groups is 1. The summed E-state index contributed by atoms with van der Waals surface area (Å²) in [6.45, 7) is 0.136. The summed E-state index contributed by atoms with van der Waals surface area (Å²) in [6, 6.07) is 11.0. The minimum atomic E-state index is -0.231. The highest BCUT2D eigenvalue weighted by molar-refractivity contribution is 5.84. The molecule has 108 valence electrons. The Bertz CT molecular complexity index is 597. The fraction of sp³-hybridized carbons (Fsp3) is 0.133. The smallest absolute Gasteiger partial charge is 0.259 e. The number of hydrogen-bond donors (Lipinski definition) is 2. The molecular weight excluding hydrogens is 268 g/mol. The Hall–Kier alpha value is -2.89. The van der Waals surface area contributed by atoms with Crippen molar-refractivity contribution >= 4 is 17.8 Å². The van der Waals surface area contributed by atoms with E-state index in [9.17, 15) is 4.79 Å². The van der Waals surface area contributed by atoms with Gasteiger partial charge in [0, 0.05) is 23.6 Å². The van der Waals surface area contributed by atoms with E-state index in [1.807, 2.05) is 30.3 Å². The van der Waals surface area contributed by atoms with Crippen LogP contribution in [0, 0.1) is 0 Å². The maximum absolute atomic E-state index is 11.6. The van der Waals surface area contributed by atoms with Gasteiger partial charge in [-0.05, 0) is 30.3 Å². The molecule has 0 aliphatic carbocycles. The van der Waals surface area contributed by atoms with E-state index in [1.54, 1.807) is 25.6 Å². The minimum Gasteiger partial charge on any atom is -0.497 e. The molecule has 0 radical (unpaired) electrons. The Morgan fingerprint density at radius 1 is 1.33 bits per heavy atom. The molecule has 0 aliphatic heterocycles. The minimum absolute atomic E-state index is 0.136. The van der Waals surface area contributed by atoms with Gasteiger partial charge in [0.1, 0.15) is 5.75 Å². The van der Waals surface area contributed by atoms with Gasteiger partial charge < -0.3 is 10.1 Å². The number of anilines is 1. The van der Waals surface area contributed by atoms with Crippen molar-refractivity contribution in [3.8, 4) is 5.75 Å². The Balaban J connectivity index is 1.75. The normalized spacial score (nSPS) is 10.3. The summed E-state index contributed by atoms with van der Waals surface area (Å²) in [6.07, 6.45) is 4.87. The second-order valence-corrected chi connectivity index (χ2v) is 4.16. The molecule has 0 unspecified atom stereocenters. The third-order valence-corrected chi connectivity index (χ3v) is 2.63. The molecule has 0 atom stereocenters. The lowest BCUT2D eigenvalue weighted by atomic mass is 10.3. The maximum atomic E-state index is 11.6. The third-order valence-electron chi connectivity index (χ3n) is 2.63. The Morgan fingerprint density at radius 2 is 2.14 bits per heavy atom. The fourth-order valence-corrected chi connectivity index (χ4v) is 1.56. The van der Waals surface area contributed by atoms with E-state index in [1.165, 1.54) is 6.21 Å². The monoisotopic (exact) mass is 284 g/mol. The van der Waals surface area contributed by atoms with Gasteiger partial charge in [0.05, 0.1) is 19.9 Å². The number of amides is 1. The molecule has 21 heavy (non-hydrogen) atoms. The van der Waals surface area contributed by atoms with Gasteiger partial charge in [-0.15, -0.1) is 0 Å².